The molecule has 0 bridgehead atoms. The van der Waals surface area contributed by atoms with Crippen LogP contribution < -0.4 is 16.2 Å². The van der Waals surface area contributed by atoms with Crippen molar-refractivity contribution < 1.29 is 14.4 Å². The smallest absolute Gasteiger partial charge is 0.279 e. The molecule has 3 rings (SSSR count). The van der Waals surface area contributed by atoms with Crippen LogP contribution in [0.4, 0.5) is 0 Å². The molecule has 3 N–H and O–H groups in total. The van der Waals surface area contributed by atoms with Gasteiger partial charge in [0.05, 0.1) is 4.88 Å². The molecule has 1 heterocycles. The van der Waals surface area contributed by atoms with Gasteiger partial charge in [0.2, 0.25) is 5.91 Å². The first-order valence-corrected chi connectivity index (χ1v) is 10.5. The van der Waals surface area contributed by atoms with E-state index in [0.29, 0.717) is 10.8 Å². The molecule has 2 atom stereocenters. The van der Waals surface area contributed by atoms with Crippen molar-refractivity contribution >= 4 is 35.1 Å². The van der Waals surface area contributed by atoms with Crippen LogP contribution in [0.1, 0.15) is 45.9 Å². The summed E-state index contributed by atoms with van der Waals surface area (Å²) >= 11 is 1.48. The molecule has 0 fully saturated rings. The van der Waals surface area contributed by atoms with Gasteiger partial charge in [-0.25, -0.2) is 0 Å². The molecule has 1 aromatic carbocycles. The lowest BCUT2D eigenvalue weighted by atomic mass is 9.90. The van der Waals surface area contributed by atoms with E-state index in [-0.39, 0.29) is 11.8 Å². The minimum absolute atomic E-state index is 0.340. The summed E-state index contributed by atoms with van der Waals surface area (Å²) in [5.41, 5.74) is 6.93. The first-order chi connectivity index (χ1) is 13.9. The highest BCUT2D eigenvalue weighted by molar-refractivity contribution is 7.14. The number of rotatable bonds is 5. The second-order valence-electron chi connectivity index (χ2n) is 7.32. The Morgan fingerprint density at radius 2 is 1.93 bits per heavy atom. The molecule has 0 unspecified atom stereocenters. The number of hydrogen-bond donors (Lipinski definition) is 3. The maximum atomic E-state index is 12.3. The van der Waals surface area contributed by atoms with Crippen molar-refractivity contribution in [2.24, 2.45) is 5.92 Å². The van der Waals surface area contributed by atoms with E-state index in [1.807, 2.05) is 36.4 Å². The Hall–Kier alpha value is -2.93. The fourth-order valence-electron chi connectivity index (χ4n) is 3.17. The van der Waals surface area contributed by atoms with E-state index in [9.17, 15) is 14.4 Å². The average Bonchev–Trinajstić information content (AvgIpc) is 3.14. The molecule has 1 aromatic heterocycles. The topological polar surface area (TPSA) is 87.3 Å². The number of hydrazine groups is 1. The van der Waals surface area contributed by atoms with Crippen molar-refractivity contribution in [3.63, 3.8) is 0 Å². The van der Waals surface area contributed by atoms with Crippen LogP contribution in [0.3, 0.4) is 0 Å². The quantitative estimate of drug-likeness (QED) is 0.522. The molecular weight excluding hydrogens is 386 g/mol. The van der Waals surface area contributed by atoms with E-state index in [0.717, 1.165) is 24.8 Å². The summed E-state index contributed by atoms with van der Waals surface area (Å²) < 4.78 is 0. The number of benzene rings is 1. The Bertz CT molecular complexity index is 921. The molecule has 152 valence electrons. The monoisotopic (exact) mass is 411 g/mol. The molecule has 0 saturated carbocycles. The molecule has 0 aliphatic heterocycles. The van der Waals surface area contributed by atoms with Gasteiger partial charge in [0.1, 0.15) is 6.04 Å². The van der Waals surface area contributed by atoms with E-state index in [2.05, 4.69) is 23.1 Å². The molecule has 0 saturated heterocycles. The highest BCUT2D eigenvalue weighted by atomic mass is 32.1. The van der Waals surface area contributed by atoms with Gasteiger partial charge < -0.3 is 5.32 Å². The van der Waals surface area contributed by atoms with Gasteiger partial charge >= 0.3 is 0 Å². The Morgan fingerprint density at radius 3 is 2.69 bits per heavy atom. The third-order valence-corrected chi connectivity index (χ3v) is 6.07. The fraction of sp³-hybridized carbons (Fsp3) is 0.318. The molecule has 29 heavy (non-hydrogen) atoms. The number of thiophene rings is 1. The lowest BCUT2D eigenvalue weighted by molar-refractivity contribution is -0.127. The number of aryl methyl sites for hydroxylation is 1. The molecule has 2 aromatic rings. The van der Waals surface area contributed by atoms with Gasteiger partial charge in [-0.3, -0.25) is 25.2 Å². The largest absolute Gasteiger partial charge is 0.341 e. The van der Waals surface area contributed by atoms with Gasteiger partial charge in [-0.1, -0.05) is 37.3 Å². The molecule has 3 amide bonds. The lowest BCUT2D eigenvalue weighted by Crippen LogP contribution is -2.50. The summed E-state index contributed by atoms with van der Waals surface area (Å²) in [6, 6.07) is 10.5. The minimum atomic E-state index is -0.791. The summed E-state index contributed by atoms with van der Waals surface area (Å²) in [6.45, 7) is 3.77. The Balaban J connectivity index is 1.46. The van der Waals surface area contributed by atoms with E-state index < -0.39 is 11.9 Å². The number of hydrogen-bond acceptors (Lipinski definition) is 4. The Morgan fingerprint density at radius 1 is 1.17 bits per heavy atom. The molecular formula is C22H25N3O3S. The zero-order valence-corrected chi connectivity index (χ0v) is 17.3. The maximum absolute atomic E-state index is 12.3. The highest BCUT2D eigenvalue weighted by Gasteiger charge is 2.21. The van der Waals surface area contributed by atoms with Gasteiger partial charge in [0.15, 0.2) is 0 Å². The van der Waals surface area contributed by atoms with Crippen molar-refractivity contribution in [3.05, 3.63) is 63.4 Å². The van der Waals surface area contributed by atoms with Crippen molar-refractivity contribution in [2.75, 3.05) is 0 Å². The number of fused-ring (bicyclic) bond motifs is 1. The van der Waals surface area contributed by atoms with Crippen LogP contribution >= 0.6 is 11.3 Å². The van der Waals surface area contributed by atoms with Gasteiger partial charge in [-0.05, 0) is 55.4 Å². The maximum Gasteiger partial charge on any atom is 0.279 e. The summed E-state index contributed by atoms with van der Waals surface area (Å²) in [5.74, 6) is -0.585. The highest BCUT2D eigenvalue weighted by Crippen LogP contribution is 2.32. The van der Waals surface area contributed by atoms with Crippen molar-refractivity contribution in [2.45, 2.75) is 39.2 Å². The summed E-state index contributed by atoms with van der Waals surface area (Å²) in [7, 11) is 0. The Kier molecular flexibility index (Phi) is 6.82. The first kappa shape index (κ1) is 20.8. The second-order valence-corrected chi connectivity index (χ2v) is 8.46. The van der Waals surface area contributed by atoms with Crippen LogP contribution in [0, 0.1) is 5.92 Å². The zero-order valence-electron chi connectivity index (χ0n) is 16.5. The normalized spacial score (nSPS) is 16.7. The van der Waals surface area contributed by atoms with Crippen LogP contribution in [0.5, 0.6) is 0 Å². The summed E-state index contributed by atoms with van der Waals surface area (Å²) in [4.78, 5) is 38.3. The number of carbonyl (C=O) groups is 3. The van der Waals surface area contributed by atoms with Gasteiger partial charge in [0.25, 0.3) is 11.8 Å². The standard InChI is InChI=1S/C22H25N3O3S/c1-14-8-10-18-17(12-14)13-19(29-18)22(28)25-24-21(27)15(2)23-20(26)11-9-16-6-4-3-5-7-16/h3-7,9,11,13-15H,8,10,12H2,1-2H3,(H,23,26)(H,24,27)(H,25,28)/b11-9+/t14-,15+/m1/s1. The van der Waals surface area contributed by atoms with Crippen LogP contribution in [0.15, 0.2) is 42.5 Å². The summed E-state index contributed by atoms with van der Waals surface area (Å²) in [6.07, 6.45) is 6.17. The predicted octanol–water partition coefficient (Wildman–Crippen LogP) is 2.85. The van der Waals surface area contributed by atoms with Crippen molar-refractivity contribution in [3.8, 4) is 0 Å². The van der Waals surface area contributed by atoms with E-state index >= 15 is 0 Å². The predicted molar refractivity (Wildman–Crippen MR) is 114 cm³/mol. The third kappa shape index (κ3) is 5.77. The van der Waals surface area contributed by atoms with Crippen LogP contribution in [0.2, 0.25) is 0 Å². The SMILES string of the molecule is C[C@@H]1CCc2sc(C(=O)NNC(=O)[C@H](C)NC(=O)/C=C/c3ccccc3)cc2C1. The first-order valence-electron chi connectivity index (χ1n) is 9.67. The van der Waals surface area contributed by atoms with Crippen LogP contribution in [-0.4, -0.2) is 23.8 Å². The van der Waals surface area contributed by atoms with Crippen LogP contribution in [-0.2, 0) is 22.4 Å². The van der Waals surface area contributed by atoms with Gasteiger partial charge in [0, 0.05) is 11.0 Å². The van der Waals surface area contributed by atoms with Gasteiger partial charge in [-0.15, -0.1) is 11.3 Å². The molecule has 1 aliphatic carbocycles. The molecule has 7 heteroatoms. The van der Waals surface area contributed by atoms with Crippen LogP contribution in [0.25, 0.3) is 6.08 Å². The minimum Gasteiger partial charge on any atom is -0.341 e. The van der Waals surface area contributed by atoms with Crippen molar-refractivity contribution in [1.82, 2.24) is 16.2 Å². The zero-order chi connectivity index (χ0) is 20.8. The Labute approximate surface area is 174 Å². The number of carbonyl (C=O) groups excluding carboxylic acids is 3. The summed E-state index contributed by atoms with van der Waals surface area (Å²) in [5, 5.41) is 2.57. The molecule has 1 aliphatic rings. The van der Waals surface area contributed by atoms with E-state index in [1.54, 1.807) is 13.0 Å². The average molecular weight is 412 g/mol. The third-order valence-electron chi connectivity index (χ3n) is 4.83. The fourth-order valence-corrected chi connectivity index (χ4v) is 4.27. The molecule has 0 spiro atoms. The van der Waals surface area contributed by atoms with Gasteiger partial charge in [-0.2, -0.15) is 0 Å². The molecule has 0 radical (unpaired) electrons. The van der Waals surface area contributed by atoms with Crippen molar-refractivity contribution in [1.29, 1.82) is 0 Å². The second kappa shape index (κ2) is 9.52. The number of amides is 3. The number of nitrogens with one attached hydrogen (secondary N) is 3. The lowest BCUT2D eigenvalue weighted by Gasteiger charge is -2.16. The van der Waals surface area contributed by atoms with E-state index in [4.69, 9.17) is 0 Å². The van der Waals surface area contributed by atoms with E-state index in [1.165, 1.54) is 27.9 Å². The molecule has 6 nitrogen and oxygen atoms in total.